The van der Waals surface area contributed by atoms with Gasteiger partial charge in [0.1, 0.15) is 0 Å². The molecule has 0 amide bonds. The quantitative estimate of drug-likeness (QED) is 0.470. The number of aliphatic hydroxyl groups is 1. The van der Waals surface area contributed by atoms with Crippen molar-refractivity contribution in [2.75, 3.05) is 13.2 Å². The Morgan fingerprint density at radius 3 is 2.70 bits per heavy atom. The van der Waals surface area contributed by atoms with E-state index >= 15 is 0 Å². The second-order valence-electron chi connectivity index (χ2n) is 6.62. The van der Waals surface area contributed by atoms with E-state index in [0.29, 0.717) is 19.2 Å². The predicted molar refractivity (Wildman–Crippen MR) is 112 cm³/mol. The van der Waals surface area contributed by atoms with Gasteiger partial charge < -0.3 is 15.2 Å². The van der Waals surface area contributed by atoms with E-state index in [1.54, 1.807) is 24.3 Å². The minimum atomic E-state index is -0.488. The summed E-state index contributed by atoms with van der Waals surface area (Å²) in [6.07, 6.45) is 3.02. The van der Waals surface area contributed by atoms with Gasteiger partial charge in [0.25, 0.3) is 0 Å². The molecule has 0 saturated carbocycles. The topological polar surface area (TPSA) is 58.6 Å². The molecule has 0 saturated heterocycles. The lowest BCUT2D eigenvalue weighted by Gasteiger charge is -2.17. The molecule has 0 spiro atoms. The predicted octanol–water partition coefficient (Wildman–Crippen LogP) is 4.36. The van der Waals surface area contributed by atoms with Crippen molar-refractivity contribution in [3.05, 3.63) is 63.9 Å². The highest BCUT2D eigenvalue weighted by molar-refractivity contribution is 7.13. The average molecular weight is 388 g/mol. The smallest absolute Gasteiger partial charge is 0.331 e. The van der Waals surface area contributed by atoms with Gasteiger partial charge in [-0.05, 0) is 56.9 Å². The molecule has 0 unspecified atom stereocenters. The zero-order valence-electron chi connectivity index (χ0n) is 16.3. The number of ether oxygens (including phenoxy) is 1. The second-order valence-corrected chi connectivity index (χ2v) is 7.79. The normalized spacial score (nSPS) is 14.0. The highest BCUT2D eigenvalue weighted by atomic mass is 32.1. The number of benzene rings is 1. The van der Waals surface area contributed by atoms with Gasteiger partial charge in [0.15, 0.2) is 0 Å². The number of carbonyl (C=O) groups excluding carboxylic acids is 1. The summed E-state index contributed by atoms with van der Waals surface area (Å²) in [7, 11) is 0. The summed E-state index contributed by atoms with van der Waals surface area (Å²) >= 11 is 1.71. The van der Waals surface area contributed by atoms with Gasteiger partial charge >= 0.3 is 5.97 Å². The molecule has 0 aliphatic heterocycles. The van der Waals surface area contributed by atoms with Gasteiger partial charge in [-0.25, -0.2) is 4.79 Å². The molecule has 0 radical (unpaired) electrons. The Balaban J connectivity index is 1.78. The van der Waals surface area contributed by atoms with E-state index in [-0.39, 0.29) is 5.97 Å². The first-order valence-electron chi connectivity index (χ1n) is 9.40. The number of rotatable bonds is 10. The van der Waals surface area contributed by atoms with Crippen LogP contribution in [0.25, 0.3) is 5.57 Å². The molecular formula is C22H29NO3S. The van der Waals surface area contributed by atoms with Crippen LogP contribution in [0.2, 0.25) is 0 Å². The summed E-state index contributed by atoms with van der Waals surface area (Å²) in [5.74, 6) is -0.292. The number of thiophene rings is 1. The highest BCUT2D eigenvalue weighted by Crippen LogP contribution is 2.25. The number of allylic oxidation sites excluding steroid dienone is 1. The van der Waals surface area contributed by atoms with Crippen molar-refractivity contribution >= 4 is 22.9 Å². The summed E-state index contributed by atoms with van der Waals surface area (Å²) in [6.45, 7) is 6.81. The van der Waals surface area contributed by atoms with Crippen molar-refractivity contribution in [2.45, 2.75) is 45.8 Å². The molecule has 4 nitrogen and oxygen atoms in total. The third-order valence-electron chi connectivity index (χ3n) is 4.34. The lowest BCUT2D eigenvalue weighted by Crippen LogP contribution is -2.30. The minimum Gasteiger partial charge on any atom is -0.463 e. The largest absolute Gasteiger partial charge is 0.463 e. The molecule has 27 heavy (non-hydrogen) atoms. The molecule has 1 heterocycles. The standard InChI is InChI=1S/C22H29NO3S/c1-4-26-22(25)14-16(2)21-13-12-19(27-21)11-10-17(3)23-15-20(24)18-8-6-5-7-9-18/h5-9,12-14,17,20,23-24H,4,10-11,15H2,1-3H3/t17-,20+/m1/s1. The molecule has 1 aromatic carbocycles. The van der Waals surface area contributed by atoms with Crippen molar-refractivity contribution in [1.29, 1.82) is 0 Å². The van der Waals surface area contributed by atoms with E-state index in [1.807, 2.05) is 37.3 Å². The van der Waals surface area contributed by atoms with Crippen molar-refractivity contribution in [3.8, 4) is 0 Å². The van der Waals surface area contributed by atoms with Crippen molar-refractivity contribution in [3.63, 3.8) is 0 Å². The van der Waals surface area contributed by atoms with Gasteiger partial charge in [-0.3, -0.25) is 0 Å². The number of esters is 1. The number of aliphatic hydroxyl groups excluding tert-OH is 1. The van der Waals surface area contributed by atoms with Crippen LogP contribution in [-0.2, 0) is 16.0 Å². The summed E-state index contributed by atoms with van der Waals surface area (Å²) < 4.78 is 4.96. The third kappa shape index (κ3) is 7.29. The Hall–Kier alpha value is -1.95. The molecule has 1 aromatic heterocycles. The maximum Gasteiger partial charge on any atom is 0.331 e. The molecule has 2 rings (SSSR count). The van der Waals surface area contributed by atoms with Crippen LogP contribution in [0.4, 0.5) is 0 Å². The van der Waals surface area contributed by atoms with Crippen LogP contribution in [-0.4, -0.2) is 30.3 Å². The monoisotopic (exact) mass is 387 g/mol. The first-order chi connectivity index (χ1) is 13.0. The zero-order chi connectivity index (χ0) is 19.6. The van der Waals surface area contributed by atoms with Crippen molar-refractivity contribution < 1.29 is 14.6 Å². The molecule has 0 aliphatic rings. The van der Waals surface area contributed by atoms with Gasteiger partial charge in [-0.1, -0.05) is 30.3 Å². The zero-order valence-corrected chi connectivity index (χ0v) is 17.1. The molecule has 5 heteroatoms. The fourth-order valence-corrected chi connectivity index (χ4v) is 3.72. The van der Waals surface area contributed by atoms with Gasteiger partial charge in [0.2, 0.25) is 0 Å². The van der Waals surface area contributed by atoms with Crippen molar-refractivity contribution in [1.82, 2.24) is 5.32 Å². The van der Waals surface area contributed by atoms with Crippen LogP contribution in [0, 0.1) is 0 Å². The summed E-state index contributed by atoms with van der Waals surface area (Å²) in [6, 6.07) is 14.2. The molecule has 2 N–H and O–H groups in total. The maximum atomic E-state index is 11.6. The van der Waals surface area contributed by atoms with E-state index in [0.717, 1.165) is 28.9 Å². The number of hydrogen-bond donors (Lipinski definition) is 2. The third-order valence-corrected chi connectivity index (χ3v) is 5.62. The Bertz CT molecular complexity index is 739. The minimum absolute atomic E-state index is 0.292. The van der Waals surface area contributed by atoms with Crippen LogP contribution >= 0.6 is 11.3 Å². The van der Waals surface area contributed by atoms with E-state index < -0.39 is 6.10 Å². The van der Waals surface area contributed by atoms with E-state index in [4.69, 9.17) is 4.74 Å². The Morgan fingerprint density at radius 1 is 1.26 bits per heavy atom. The van der Waals surface area contributed by atoms with Crippen LogP contribution in [0.5, 0.6) is 0 Å². The van der Waals surface area contributed by atoms with E-state index in [1.165, 1.54) is 4.88 Å². The van der Waals surface area contributed by atoms with Crippen LogP contribution in [0.3, 0.4) is 0 Å². The number of hydrogen-bond acceptors (Lipinski definition) is 5. The van der Waals surface area contributed by atoms with Crippen LogP contribution in [0.1, 0.15) is 48.6 Å². The lowest BCUT2D eigenvalue weighted by molar-refractivity contribution is -0.137. The molecular weight excluding hydrogens is 358 g/mol. The highest BCUT2D eigenvalue weighted by Gasteiger charge is 2.10. The maximum absolute atomic E-state index is 11.6. The van der Waals surface area contributed by atoms with Gasteiger partial charge in [0.05, 0.1) is 12.7 Å². The molecule has 2 atom stereocenters. The molecule has 0 aliphatic carbocycles. The van der Waals surface area contributed by atoms with Crippen LogP contribution < -0.4 is 5.32 Å². The first kappa shape index (κ1) is 21.4. The van der Waals surface area contributed by atoms with Gasteiger partial charge in [0, 0.05) is 28.4 Å². The summed E-state index contributed by atoms with van der Waals surface area (Å²) in [4.78, 5) is 13.9. The SMILES string of the molecule is CCOC(=O)C=C(C)c1ccc(CC[C@@H](C)NC[C@H](O)c2ccccc2)s1. The molecule has 2 aromatic rings. The number of nitrogens with one attached hydrogen (secondary N) is 1. The second kappa shape index (κ2) is 11.0. The number of carbonyl (C=O) groups is 1. The Morgan fingerprint density at radius 2 is 2.00 bits per heavy atom. The first-order valence-corrected chi connectivity index (χ1v) is 10.2. The van der Waals surface area contributed by atoms with Gasteiger partial charge in [-0.15, -0.1) is 11.3 Å². The fraction of sp³-hybridized carbons (Fsp3) is 0.409. The Labute approximate surface area is 165 Å². The van der Waals surface area contributed by atoms with Gasteiger partial charge in [-0.2, -0.15) is 0 Å². The summed E-state index contributed by atoms with van der Waals surface area (Å²) in [5.41, 5.74) is 1.87. The molecule has 0 bridgehead atoms. The van der Waals surface area contributed by atoms with Crippen LogP contribution in [0.15, 0.2) is 48.5 Å². The van der Waals surface area contributed by atoms with E-state index in [9.17, 15) is 9.90 Å². The lowest BCUT2D eigenvalue weighted by atomic mass is 10.1. The Kier molecular flexibility index (Phi) is 8.72. The van der Waals surface area contributed by atoms with Crippen molar-refractivity contribution in [2.24, 2.45) is 0 Å². The summed E-state index contributed by atoms with van der Waals surface area (Å²) in [5, 5.41) is 13.6. The average Bonchev–Trinajstić information content (AvgIpc) is 3.14. The fourth-order valence-electron chi connectivity index (χ4n) is 2.72. The van der Waals surface area contributed by atoms with E-state index in [2.05, 4.69) is 24.4 Å². The number of aryl methyl sites for hydroxylation is 1. The molecule has 0 fully saturated rings. The molecule has 146 valence electrons.